The van der Waals surface area contributed by atoms with E-state index in [0.29, 0.717) is 18.3 Å². The van der Waals surface area contributed by atoms with Crippen LogP contribution in [0.25, 0.3) is 34.5 Å². The maximum absolute atomic E-state index is 12.7. The Labute approximate surface area is 203 Å². The zero-order chi connectivity index (χ0) is 24.4. The number of hydrogen-bond donors (Lipinski definition) is 0. The zero-order valence-corrected chi connectivity index (χ0v) is 19.7. The number of amides is 1. The van der Waals surface area contributed by atoms with Crippen LogP contribution in [-0.2, 0) is 11.3 Å². The second kappa shape index (κ2) is 9.38. The van der Waals surface area contributed by atoms with Crippen molar-refractivity contribution in [1.82, 2.24) is 15.0 Å². The second-order valence-corrected chi connectivity index (χ2v) is 8.13. The number of hydrogen-bond acceptors (Lipinski definition) is 6. The minimum Gasteiger partial charge on any atom is -0.481 e. The summed E-state index contributed by atoms with van der Waals surface area (Å²) in [7, 11) is 3.18. The van der Waals surface area contributed by atoms with Gasteiger partial charge in [0.05, 0.1) is 37.8 Å². The van der Waals surface area contributed by atoms with Crippen LogP contribution in [0.2, 0.25) is 0 Å². The molecule has 1 amide bonds. The van der Waals surface area contributed by atoms with Crippen LogP contribution >= 0.6 is 0 Å². The lowest BCUT2D eigenvalue weighted by Gasteiger charge is -2.26. The van der Waals surface area contributed by atoms with E-state index in [2.05, 4.69) is 9.97 Å². The van der Waals surface area contributed by atoms with Gasteiger partial charge in [-0.25, -0.2) is 15.0 Å². The van der Waals surface area contributed by atoms with E-state index in [1.807, 2.05) is 66.7 Å². The molecular weight excluding hydrogens is 440 g/mol. The summed E-state index contributed by atoms with van der Waals surface area (Å²) in [6.45, 7) is 2.00. The molecule has 1 aliphatic rings. The number of fused-ring (bicyclic) bond motifs is 2. The Kier molecular flexibility index (Phi) is 5.97. The molecule has 174 valence electrons. The van der Waals surface area contributed by atoms with Gasteiger partial charge in [0, 0.05) is 42.6 Å². The van der Waals surface area contributed by atoms with Crippen molar-refractivity contribution >= 4 is 23.7 Å². The van der Waals surface area contributed by atoms with Crippen LogP contribution in [0, 0.1) is 0 Å². The highest BCUT2D eigenvalue weighted by atomic mass is 16.5. The third kappa shape index (κ3) is 4.48. The van der Waals surface area contributed by atoms with E-state index in [1.54, 1.807) is 38.4 Å². The molecule has 0 unspecified atom stereocenters. The number of carbonyl (C=O) groups is 1. The average Bonchev–Trinajstić information content (AvgIpc) is 2.89. The van der Waals surface area contributed by atoms with Crippen LogP contribution in [0.1, 0.15) is 23.7 Å². The van der Waals surface area contributed by atoms with Gasteiger partial charge >= 0.3 is 0 Å². The predicted molar refractivity (Wildman–Crippen MR) is 136 cm³/mol. The lowest BCUT2D eigenvalue weighted by molar-refractivity contribution is -0.116. The first-order valence-electron chi connectivity index (χ1n) is 11.2. The number of ether oxygens (including phenoxy) is 2. The van der Waals surface area contributed by atoms with Crippen molar-refractivity contribution in [3.63, 3.8) is 0 Å². The molecule has 0 bridgehead atoms. The van der Waals surface area contributed by atoms with Crippen molar-refractivity contribution in [2.24, 2.45) is 0 Å². The molecule has 7 heteroatoms. The van der Waals surface area contributed by atoms with Gasteiger partial charge in [-0.05, 0) is 47.0 Å². The lowest BCUT2D eigenvalue weighted by Crippen LogP contribution is -2.29. The molecule has 0 spiro atoms. The number of rotatable bonds is 4. The lowest BCUT2D eigenvalue weighted by atomic mass is 9.99. The summed E-state index contributed by atoms with van der Waals surface area (Å²) in [5.74, 6) is 1.07. The third-order valence-corrected chi connectivity index (χ3v) is 5.98. The van der Waals surface area contributed by atoms with Gasteiger partial charge in [0.1, 0.15) is 0 Å². The highest BCUT2D eigenvalue weighted by molar-refractivity contribution is 5.96. The molecular formula is C28H24N4O3. The van der Waals surface area contributed by atoms with Gasteiger partial charge in [-0.15, -0.1) is 0 Å². The Morgan fingerprint density at radius 3 is 2.14 bits per heavy atom. The maximum atomic E-state index is 12.7. The summed E-state index contributed by atoms with van der Waals surface area (Å²) < 4.78 is 10.3. The summed E-state index contributed by atoms with van der Waals surface area (Å²) in [6.07, 6.45) is 7.52. The Morgan fingerprint density at radius 1 is 0.829 bits per heavy atom. The topological polar surface area (TPSA) is 77.4 Å². The van der Waals surface area contributed by atoms with Crippen LogP contribution in [-0.4, -0.2) is 35.1 Å². The van der Waals surface area contributed by atoms with Gasteiger partial charge < -0.3 is 14.4 Å². The molecule has 0 fully saturated rings. The van der Waals surface area contributed by atoms with Crippen LogP contribution < -0.4 is 14.4 Å². The summed E-state index contributed by atoms with van der Waals surface area (Å²) in [6, 6.07) is 17.6. The van der Waals surface area contributed by atoms with Crippen molar-refractivity contribution in [3.8, 4) is 34.1 Å². The fourth-order valence-corrected chi connectivity index (χ4v) is 4.07. The molecule has 1 aromatic carbocycles. The molecule has 0 N–H and O–H groups in total. The Balaban J connectivity index is 1.54. The molecule has 7 nitrogen and oxygen atoms in total. The van der Waals surface area contributed by atoms with E-state index in [1.165, 1.54) is 0 Å². The quantitative estimate of drug-likeness (QED) is 0.410. The molecule has 4 heterocycles. The number of carbonyl (C=O) groups excluding carboxylic acids is 1. The van der Waals surface area contributed by atoms with E-state index in [0.717, 1.165) is 44.9 Å². The van der Waals surface area contributed by atoms with E-state index in [-0.39, 0.29) is 5.91 Å². The molecule has 5 rings (SSSR count). The van der Waals surface area contributed by atoms with Crippen LogP contribution in [0.5, 0.6) is 11.8 Å². The molecule has 0 radical (unpaired) electrons. The summed E-state index contributed by atoms with van der Waals surface area (Å²) in [5.41, 5.74) is 7.18. The van der Waals surface area contributed by atoms with Gasteiger partial charge in [-0.2, -0.15) is 0 Å². The van der Waals surface area contributed by atoms with Crippen LogP contribution in [0.3, 0.4) is 0 Å². The second-order valence-electron chi connectivity index (χ2n) is 8.13. The Morgan fingerprint density at radius 2 is 1.51 bits per heavy atom. The van der Waals surface area contributed by atoms with Crippen molar-refractivity contribution in [2.75, 3.05) is 19.1 Å². The highest BCUT2D eigenvalue weighted by Crippen LogP contribution is 2.33. The number of aromatic nitrogens is 3. The minimum absolute atomic E-state index is 0.0408. The monoisotopic (exact) mass is 464 g/mol. The van der Waals surface area contributed by atoms with Gasteiger partial charge in [-0.1, -0.05) is 24.3 Å². The molecule has 35 heavy (non-hydrogen) atoms. The highest BCUT2D eigenvalue weighted by Gasteiger charge is 2.20. The number of benzene rings is 1. The van der Waals surface area contributed by atoms with E-state index in [4.69, 9.17) is 14.5 Å². The number of pyridine rings is 3. The zero-order valence-electron chi connectivity index (χ0n) is 19.7. The fraction of sp³-hybridized carbons (Fsp3) is 0.143. The van der Waals surface area contributed by atoms with Crippen LogP contribution in [0.15, 0.2) is 67.0 Å². The number of methoxy groups -OCH3 is 2. The van der Waals surface area contributed by atoms with Gasteiger partial charge in [0.15, 0.2) is 0 Å². The standard InChI is InChI=1S/C28H24N4O3/c1-18(33)32-17-23-7-11-24(22-9-13-28(35-3)30-16-22)31-25(23)10-6-19-4-5-20(14-26(19)32)21-8-12-27(34-2)29-15-21/h4-16H,17H2,1-3H3/b10-6-. The Bertz CT molecular complexity index is 1410. The van der Waals surface area contributed by atoms with E-state index in [9.17, 15) is 4.79 Å². The van der Waals surface area contributed by atoms with E-state index < -0.39 is 0 Å². The molecule has 1 aliphatic heterocycles. The predicted octanol–water partition coefficient (Wildman–Crippen LogP) is 5.26. The third-order valence-electron chi connectivity index (χ3n) is 5.98. The smallest absolute Gasteiger partial charge is 0.224 e. The van der Waals surface area contributed by atoms with Crippen molar-refractivity contribution in [2.45, 2.75) is 13.5 Å². The molecule has 0 atom stereocenters. The van der Waals surface area contributed by atoms with Crippen molar-refractivity contribution in [1.29, 1.82) is 0 Å². The number of anilines is 1. The average molecular weight is 465 g/mol. The van der Waals surface area contributed by atoms with E-state index >= 15 is 0 Å². The minimum atomic E-state index is -0.0408. The fourth-order valence-electron chi connectivity index (χ4n) is 4.07. The molecule has 0 aliphatic carbocycles. The first-order chi connectivity index (χ1) is 17.1. The summed E-state index contributed by atoms with van der Waals surface area (Å²) >= 11 is 0. The van der Waals surface area contributed by atoms with Gasteiger partial charge in [0.25, 0.3) is 0 Å². The van der Waals surface area contributed by atoms with Gasteiger partial charge in [-0.3, -0.25) is 4.79 Å². The Hall–Kier alpha value is -4.52. The molecule has 3 aromatic heterocycles. The van der Waals surface area contributed by atoms with Crippen molar-refractivity contribution < 1.29 is 14.3 Å². The molecule has 0 saturated heterocycles. The normalized spacial score (nSPS) is 13.2. The summed E-state index contributed by atoms with van der Waals surface area (Å²) in [5, 5.41) is 0. The van der Waals surface area contributed by atoms with Crippen molar-refractivity contribution in [3.05, 3.63) is 83.8 Å². The first kappa shape index (κ1) is 22.3. The summed E-state index contributed by atoms with van der Waals surface area (Å²) in [4.78, 5) is 28.0. The first-order valence-corrected chi connectivity index (χ1v) is 11.2. The van der Waals surface area contributed by atoms with Gasteiger partial charge in [0.2, 0.25) is 17.7 Å². The molecule has 4 aromatic rings. The SMILES string of the molecule is COc1ccc(-c2ccc3c(c2)N(C(C)=O)Cc2ccc(-c4ccc(OC)nc4)nc2/C=C\3)cn1. The molecule has 0 saturated carbocycles. The van der Waals surface area contributed by atoms with Crippen LogP contribution in [0.4, 0.5) is 5.69 Å². The maximum Gasteiger partial charge on any atom is 0.224 e. The largest absolute Gasteiger partial charge is 0.481 e. The number of nitrogens with zero attached hydrogens (tertiary/aromatic N) is 4.